The average molecular weight is 269 g/mol. The third-order valence-electron chi connectivity index (χ3n) is 4.54. The molecule has 1 saturated carbocycles. The highest BCUT2D eigenvalue weighted by Crippen LogP contribution is 2.39. The van der Waals surface area contributed by atoms with Crippen molar-refractivity contribution >= 4 is 0 Å². The molecule has 0 radical (unpaired) electrons. The Labute approximate surface area is 120 Å². The highest BCUT2D eigenvalue weighted by Gasteiger charge is 2.41. The second-order valence-corrected chi connectivity index (χ2v) is 6.82. The van der Waals surface area contributed by atoms with E-state index >= 15 is 0 Å². The largest absolute Gasteiger partial charge is 0.374 e. The fourth-order valence-electron chi connectivity index (χ4n) is 3.41. The maximum absolute atomic E-state index is 6.32. The van der Waals surface area contributed by atoms with Crippen LogP contribution in [0.2, 0.25) is 0 Å². The summed E-state index contributed by atoms with van der Waals surface area (Å²) in [4.78, 5) is 0. The van der Waals surface area contributed by atoms with Crippen LogP contribution in [0.3, 0.4) is 0 Å². The molecule has 1 unspecified atom stereocenters. The minimum atomic E-state index is 0.0979. The Bertz CT molecular complexity index is 231. The van der Waals surface area contributed by atoms with Gasteiger partial charge >= 0.3 is 0 Å². The van der Waals surface area contributed by atoms with Crippen molar-refractivity contribution in [2.24, 2.45) is 11.8 Å². The van der Waals surface area contributed by atoms with E-state index in [1.807, 2.05) is 0 Å². The molecule has 0 amide bonds. The minimum Gasteiger partial charge on any atom is -0.374 e. The minimum absolute atomic E-state index is 0.0979. The standard InChI is InChI=1S/C17H35NO/c1-6-12-18-16(13-14(3)4)17(19-7-2)10-8-15(5)9-11-17/h14-16,18H,6-13H2,1-5H3. The molecule has 1 aliphatic carbocycles. The maximum atomic E-state index is 6.32. The molecule has 0 aromatic heterocycles. The highest BCUT2D eigenvalue weighted by molar-refractivity contribution is 4.97. The van der Waals surface area contributed by atoms with Crippen molar-refractivity contribution in [2.75, 3.05) is 13.2 Å². The van der Waals surface area contributed by atoms with Gasteiger partial charge in [0.25, 0.3) is 0 Å². The summed E-state index contributed by atoms with van der Waals surface area (Å²) < 4.78 is 6.32. The molecule has 19 heavy (non-hydrogen) atoms. The van der Waals surface area contributed by atoms with Crippen molar-refractivity contribution < 1.29 is 4.74 Å². The molecule has 2 nitrogen and oxygen atoms in total. The summed E-state index contributed by atoms with van der Waals surface area (Å²) in [5, 5.41) is 3.79. The van der Waals surface area contributed by atoms with Crippen molar-refractivity contribution in [1.82, 2.24) is 5.32 Å². The zero-order chi connectivity index (χ0) is 14.3. The molecule has 0 bridgehead atoms. The predicted octanol–water partition coefficient (Wildman–Crippen LogP) is 4.39. The lowest BCUT2D eigenvalue weighted by Gasteiger charge is -2.46. The Morgan fingerprint density at radius 1 is 1.21 bits per heavy atom. The SMILES string of the molecule is CCCNC(CC(C)C)C1(OCC)CCC(C)CC1. The smallest absolute Gasteiger partial charge is 0.0834 e. The first kappa shape index (κ1) is 17.0. The van der Waals surface area contributed by atoms with Gasteiger partial charge in [-0.25, -0.2) is 0 Å². The molecule has 1 N–H and O–H groups in total. The Kier molecular flexibility index (Phi) is 7.38. The van der Waals surface area contributed by atoms with Gasteiger partial charge in [0.05, 0.1) is 5.60 Å². The number of hydrogen-bond donors (Lipinski definition) is 1. The summed E-state index contributed by atoms with van der Waals surface area (Å²) in [5.74, 6) is 1.60. The van der Waals surface area contributed by atoms with Gasteiger partial charge < -0.3 is 10.1 Å². The Morgan fingerprint density at radius 2 is 1.84 bits per heavy atom. The van der Waals surface area contributed by atoms with Gasteiger partial charge in [-0.2, -0.15) is 0 Å². The molecule has 1 rings (SSSR count). The van der Waals surface area contributed by atoms with E-state index < -0.39 is 0 Å². The topological polar surface area (TPSA) is 21.3 Å². The van der Waals surface area contributed by atoms with Crippen LogP contribution < -0.4 is 5.32 Å². The Morgan fingerprint density at radius 3 is 2.32 bits per heavy atom. The molecule has 1 fully saturated rings. The molecule has 1 atom stereocenters. The van der Waals surface area contributed by atoms with Crippen LogP contribution in [0.25, 0.3) is 0 Å². The van der Waals surface area contributed by atoms with E-state index in [-0.39, 0.29) is 5.60 Å². The first-order chi connectivity index (χ1) is 9.04. The summed E-state index contributed by atoms with van der Waals surface area (Å²) in [6.07, 6.45) is 7.54. The number of hydrogen-bond acceptors (Lipinski definition) is 2. The molecule has 0 aromatic carbocycles. The summed E-state index contributed by atoms with van der Waals surface area (Å²) >= 11 is 0. The molecule has 0 aromatic rings. The van der Waals surface area contributed by atoms with Gasteiger partial charge in [0.15, 0.2) is 0 Å². The van der Waals surface area contributed by atoms with E-state index in [9.17, 15) is 0 Å². The number of nitrogens with one attached hydrogen (secondary N) is 1. The fourth-order valence-corrected chi connectivity index (χ4v) is 3.41. The van der Waals surface area contributed by atoms with Crippen LogP contribution in [0.15, 0.2) is 0 Å². The lowest BCUT2D eigenvalue weighted by atomic mass is 9.73. The zero-order valence-corrected chi connectivity index (χ0v) is 13.8. The third kappa shape index (κ3) is 5.07. The second-order valence-electron chi connectivity index (χ2n) is 6.82. The quantitative estimate of drug-likeness (QED) is 0.706. The molecule has 2 heteroatoms. The van der Waals surface area contributed by atoms with Gasteiger partial charge in [0.2, 0.25) is 0 Å². The fraction of sp³-hybridized carbons (Fsp3) is 1.00. The van der Waals surface area contributed by atoms with Gasteiger partial charge in [0, 0.05) is 12.6 Å². The van der Waals surface area contributed by atoms with Gasteiger partial charge in [-0.15, -0.1) is 0 Å². The van der Waals surface area contributed by atoms with E-state index in [2.05, 4.69) is 39.9 Å². The van der Waals surface area contributed by atoms with Crippen LogP contribution in [-0.4, -0.2) is 24.8 Å². The Balaban J connectivity index is 2.77. The van der Waals surface area contributed by atoms with E-state index in [1.54, 1.807) is 0 Å². The first-order valence-electron chi connectivity index (χ1n) is 8.41. The normalized spacial score (nSPS) is 29.7. The molecule has 0 saturated heterocycles. The lowest BCUT2D eigenvalue weighted by molar-refractivity contribution is -0.0997. The monoisotopic (exact) mass is 269 g/mol. The molecule has 114 valence electrons. The van der Waals surface area contributed by atoms with Crippen molar-refractivity contribution in [3.05, 3.63) is 0 Å². The van der Waals surface area contributed by atoms with Gasteiger partial charge in [0.1, 0.15) is 0 Å². The second kappa shape index (κ2) is 8.26. The zero-order valence-electron chi connectivity index (χ0n) is 13.8. The van der Waals surface area contributed by atoms with E-state index in [0.29, 0.717) is 6.04 Å². The molecule has 1 aliphatic rings. The van der Waals surface area contributed by atoms with Crippen molar-refractivity contribution in [3.63, 3.8) is 0 Å². The molecular formula is C17H35NO. The Hall–Kier alpha value is -0.0800. The van der Waals surface area contributed by atoms with E-state index in [1.165, 1.54) is 38.5 Å². The van der Waals surface area contributed by atoms with Crippen LogP contribution in [0, 0.1) is 11.8 Å². The van der Waals surface area contributed by atoms with E-state index in [4.69, 9.17) is 4.74 Å². The summed E-state index contributed by atoms with van der Waals surface area (Å²) in [5.41, 5.74) is 0.0979. The van der Waals surface area contributed by atoms with Crippen LogP contribution >= 0.6 is 0 Å². The van der Waals surface area contributed by atoms with Crippen LogP contribution in [-0.2, 0) is 4.74 Å². The highest BCUT2D eigenvalue weighted by atomic mass is 16.5. The van der Waals surface area contributed by atoms with E-state index in [0.717, 1.165) is 25.0 Å². The maximum Gasteiger partial charge on any atom is 0.0834 e. The number of rotatable bonds is 8. The average Bonchev–Trinajstić information content (AvgIpc) is 2.37. The molecular weight excluding hydrogens is 234 g/mol. The predicted molar refractivity (Wildman–Crippen MR) is 83.5 cm³/mol. The van der Waals surface area contributed by atoms with Crippen molar-refractivity contribution in [3.8, 4) is 0 Å². The molecule has 0 spiro atoms. The van der Waals surface area contributed by atoms with Gasteiger partial charge in [-0.3, -0.25) is 0 Å². The lowest BCUT2D eigenvalue weighted by Crippen LogP contribution is -2.55. The summed E-state index contributed by atoms with van der Waals surface area (Å²) in [7, 11) is 0. The van der Waals surface area contributed by atoms with Crippen LogP contribution in [0.1, 0.15) is 73.1 Å². The molecule has 0 heterocycles. The third-order valence-corrected chi connectivity index (χ3v) is 4.54. The van der Waals surface area contributed by atoms with Crippen molar-refractivity contribution in [2.45, 2.75) is 84.8 Å². The van der Waals surface area contributed by atoms with Gasteiger partial charge in [-0.05, 0) is 63.8 Å². The van der Waals surface area contributed by atoms with Crippen molar-refractivity contribution in [1.29, 1.82) is 0 Å². The molecule has 0 aliphatic heterocycles. The van der Waals surface area contributed by atoms with Crippen LogP contribution in [0.5, 0.6) is 0 Å². The van der Waals surface area contributed by atoms with Gasteiger partial charge in [-0.1, -0.05) is 27.7 Å². The first-order valence-corrected chi connectivity index (χ1v) is 8.41. The summed E-state index contributed by atoms with van der Waals surface area (Å²) in [6.45, 7) is 13.4. The number of ether oxygens (including phenoxy) is 1. The summed E-state index contributed by atoms with van der Waals surface area (Å²) in [6, 6.07) is 0.528. The van der Waals surface area contributed by atoms with Crippen LogP contribution in [0.4, 0.5) is 0 Å².